The van der Waals surface area contributed by atoms with Crippen molar-refractivity contribution in [2.45, 2.75) is 5.54 Å². The first-order valence-corrected chi connectivity index (χ1v) is 10.2. The fraction of sp³-hybridized carbons (Fsp3) is 0.0400. The first-order chi connectivity index (χ1) is 14.3. The fourth-order valence-electron chi connectivity index (χ4n) is 4.14. The lowest BCUT2D eigenvalue weighted by molar-refractivity contribution is 0.529. The van der Waals surface area contributed by atoms with Crippen LogP contribution in [0.2, 0.25) is 0 Å². The summed E-state index contributed by atoms with van der Waals surface area (Å²) in [6, 6.07) is 29.6. The second kappa shape index (κ2) is 7.30. The molecule has 5 rings (SSSR count). The van der Waals surface area contributed by atoms with Gasteiger partial charge in [0.05, 0.1) is 0 Å². The Morgan fingerprint density at radius 1 is 0.724 bits per heavy atom. The predicted octanol–water partition coefficient (Wildman–Crippen LogP) is 6.03. The topological polar surface area (TPSA) is 30.7 Å². The normalized spacial score (nSPS) is 11.6. The van der Waals surface area contributed by atoms with E-state index < -0.39 is 5.54 Å². The molecule has 0 aliphatic heterocycles. The molecule has 0 saturated heterocycles. The van der Waals surface area contributed by atoms with E-state index in [1.807, 2.05) is 18.6 Å². The summed E-state index contributed by atoms with van der Waals surface area (Å²) in [5, 5.41) is 1.09. The molecule has 3 aromatic heterocycles. The first-order valence-electron chi connectivity index (χ1n) is 9.45. The molecule has 0 atom stereocenters. The van der Waals surface area contributed by atoms with Gasteiger partial charge in [-0.2, -0.15) is 0 Å². The minimum atomic E-state index is -0.575. The number of hydrogen-bond acceptors (Lipinski definition) is 2. The second-order valence-corrected chi connectivity index (χ2v) is 7.85. The molecule has 140 valence electrons. The highest BCUT2D eigenvalue weighted by molar-refractivity contribution is 9.10. The van der Waals surface area contributed by atoms with Gasteiger partial charge in [-0.15, -0.1) is 0 Å². The highest BCUT2D eigenvalue weighted by Crippen LogP contribution is 2.42. The van der Waals surface area contributed by atoms with E-state index in [9.17, 15) is 0 Å². The Balaban J connectivity index is 1.95. The van der Waals surface area contributed by atoms with Gasteiger partial charge < -0.3 is 4.57 Å². The van der Waals surface area contributed by atoms with Crippen LogP contribution in [-0.2, 0) is 5.54 Å². The van der Waals surface area contributed by atoms with E-state index in [4.69, 9.17) is 4.98 Å². The van der Waals surface area contributed by atoms with E-state index in [0.29, 0.717) is 0 Å². The van der Waals surface area contributed by atoms with Crippen molar-refractivity contribution in [3.8, 4) is 0 Å². The predicted molar refractivity (Wildman–Crippen MR) is 120 cm³/mol. The van der Waals surface area contributed by atoms with E-state index in [2.05, 4.69) is 117 Å². The molecule has 0 unspecified atom stereocenters. The van der Waals surface area contributed by atoms with Crippen molar-refractivity contribution in [1.29, 1.82) is 0 Å². The van der Waals surface area contributed by atoms with Gasteiger partial charge in [-0.3, -0.25) is 4.98 Å². The molecule has 3 nitrogen and oxygen atoms in total. The third-order valence-corrected chi connectivity index (χ3v) is 5.77. The number of aromatic nitrogens is 3. The third kappa shape index (κ3) is 2.88. The lowest BCUT2D eigenvalue weighted by Crippen LogP contribution is -2.37. The number of fused-ring (bicyclic) bond motifs is 1. The van der Waals surface area contributed by atoms with Gasteiger partial charge in [-0.25, -0.2) is 4.98 Å². The molecule has 0 aliphatic rings. The monoisotopic (exact) mass is 439 g/mol. The number of rotatable bonds is 4. The molecule has 29 heavy (non-hydrogen) atoms. The molecule has 0 N–H and O–H groups in total. The number of pyridine rings is 2. The molecule has 0 saturated carbocycles. The van der Waals surface area contributed by atoms with Crippen molar-refractivity contribution in [3.63, 3.8) is 0 Å². The molecule has 0 radical (unpaired) electrons. The van der Waals surface area contributed by atoms with E-state index in [-0.39, 0.29) is 0 Å². The molecule has 0 spiro atoms. The average molecular weight is 440 g/mol. The molecule has 0 bridgehead atoms. The summed E-state index contributed by atoms with van der Waals surface area (Å²) in [6.07, 6.45) is 7.69. The molecule has 0 fully saturated rings. The maximum atomic E-state index is 4.78. The maximum absolute atomic E-state index is 4.78. The molecule has 4 heteroatoms. The third-order valence-electron chi connectivity index (χ3n) is 5.34. The van der Waals surface area contributed by atoms with Gasteiger partial charge in [0, 0.05) is 34.6 Å². The number of nitrogens with zero attached hydrogens (tertiary/aromatic N) is 3. The molecule has 0 aliphatic carbocycles. The second-order valence-electron chi connectivity index (χ2n) is 6.93. The molecule has 0 amide bonds. The smallest absolute Gasteiger partial charge is 0.141 e. The zero-order chi connectivity index (χ0) is 19.7. The van der Waals surface area contributed by atoms with Gasteiger partial charge in [-0.05, 0) is 56.9 Å². The van der Waals surface area contributed by atoms with E-state index >= 15 is 0 Å². The van der Waals surface area contributed by atoms with Crippen LogP contribution < -0.4 is 0 Å². The Labute approximate surface area is 177 Å². The Morgan fingerprint density at radius 3 is 1.93 bits per heavy atom. The van der Waals surface area contributed by atoms with Crippen molar-refractivity contribution in [3.05, 3.63) is 131 Å². The Morgan fingerprint density at radius 2 is 1.31 bits per heavy atom. The summed E-state index contributed by atoms with van der Waals surface area (Å²) < 4.78 is 3.24. The van der Waals surface area contributed by atoms with Crippen molar-refractivity contribution >= 4 is 27.0 Å². The highest BCUT2D eigenvalue weighted by Gasteiger charge is 2.39. The van der Waals surface area contributed by atoms with Gasteiger partial charge >= 0.3 is 0 Å². The van der Waals surface area contributed by atoms with Gasteiger partial charge in [0.1, 0.15) is 11.2 Å². The van der Waals surface area contributed by atoms with Crippen LogP contribution in [0, 0.1) is 0 Å². The average Bonchev–Trinajstić information content (AvgIpc) is 3.20. The van der Waals surface area contributed by atoms with Crippen molar-refractivity contribution in [1.82, 2.24) is 14.5 Å². The lowest BCUT2D eigenvalue weighted by Gasteiger charge is -2.38. The van der Waals surface area contributed by atoms with E-state index in [1.165, 1.54) is 11.1 Å². The van der Waals surface area contributed by atoms with Gasteiger partial charge in [-0.1, -0.05) is 60.7 Å². The minimum absolute atomic E-state index is 0.575. The molecular weight excluding hydrogens is 422 g/mol. The number of hydrogen-bond donors (Lipinski definition) is 0. The van der Waals surface area contributed by atoms with Crippen LogP contribution >= 0.6 is 15.9 Å². The van der Waals surface area contributed by atoms with Crippen LogP contribution in [0.5, 0.6) is 0 Å². The van der Waals surface area contributed by atoms with Crippen LogP contribution in [0.3, 0.4) is 0 Å². The molecular formula is C25H18BrN3. The molecule has 3 heterocycles. The Kier molecular flexibility index (Phi) is 4.49. The minimum Gasteiger partial charge on any atom is -0.314 e. The van der Waals surface area contributed by atoms with Crippen LogP contribution in [0.4, 0.5) is 0 Å². The lowest BCUT2D eigenvalue weighted by atomic mass is 9.77. The van der Waals surface area contributed by atoms with Gasteiger partial charge in [0.25, 0.3) is 0 Å². The standard InChI is InChI=1S/C25H18BrN3/c26-23-17-19-13-16-29(24(19)28-18-23)25(20-7-3-1-4-8-20,21-9-5-2-6-10-21)22-11-14-27-15-12-22/h1-18H. The zero-order valence-electron chi connectivity index (χ0n) is 15.6. The van der Waals surface area contributed by atoms with Crippen LogP contribution in [-0.4, -0.2) is 14.5 Å². The summed E-state index contributed by atoms with van der Waals surface area (Å²) in [5.74, 6) is 0. The maximum Gasteiger partial charge on any atom is 0.141 e. The van der Waals surface area contributed by atoms with E-state index in [1.54, 1.807) is 0 Å². The highest BCUT2D eigenvalue weighted by atomic mass is 79.9. The number of benzene rings is 2. The summed E-state index contributed by atoms with van der Waals surface area (Å²) in [7, 11) is 0. The first kappa shape index (κ1) is 17.8. The van der Waals surface area contributed by atoms with Gasteiger partial charge in [0.15, 0.2) is 0 Å². The SMILES string of the molecule is Brc1cnc2c(ccn2C(c2ccccc2)(c2ccccc2)c2ccncc2)c1. The Hall–Kier alpha value is -3.24. The quantitative estimate of drug-likeness (QED) is 0.342. The van der Waals surface area contributed by atoms with Crippen molar-refractivity contribution < 1.29 is 0 Å². The van der Waals surface area contributed by atoms with E-state index in [0.717, 1.165) is 21.1 Å². The summed E-state index contributed by atoms with van der Waals surface area (Å²) in [4.78, 5) is 9.05. The van der Waals surface area contributed by atoms with Crippen LogP contribution in [0.25, 0.3) is 11.0 Å². The summed E-state index contributed by atoms with van der Waals surface area (Å²) in [6.45, 7) is 0. The molecule has 5 aromatic rings. The number of halogens is 1. The largest absolute Gasteiger partial charge is 0.314 e. The van der Waals surface area contributed by atoms with Crippen LogP contribution in [0.1, 0.15) is 16.7 Å². The fourth-order valence-corrected chi connectivity index (χ4v) is 4.49. The van der Waals surface area contributed by atoms with Crippen molar-refractivity contribution in [2.75, 3.05) is 0 Å². The van der Waals surface area contributed by atoms with Crippen molar-refractivity contribution in [2.24, 2.45) is 0 Å². The summed E-state index contributed by atoms with van der Waals surface area (Å²) >= 11 is 3.55. The van der Waals surface area contributed by atoms with Gasteiger partial charge in [0.2, 0.25) is 0 Å². The Bertz CT molecular complexity index is 1150. The summed E-state index contributed by atoms with van der Waals surface area (Å²) in [5.41, 5.74) is 3.82. The van der Waals surface area contributed by atoms with Crippen LogP contribution in [0.15, 0.2) is 114 Å². The zero-order valence-corrected chi connectivity index (χ0v) is 17.2. The molecule has 2 aromatic carbocycles.